The first-order valence-corrected chi connectivity index (χ1v) is 8.90. The van der Waals surface area contributed by atoms with Crippen LogP contribution in [0.1, 0.15) is 5.56 Å². The topological polar surface area (TPSA) is 35.2 Å². The zero-order valence-corrected chi connectivity index (χ0v) is 11.7. The third kappa shape index (κ3) is 3.59. The second kappa shape index (κ2) is 4.63. The van der Waals surface area contributed by atoms with Crippen LogP contribution >= 0.6 is 15.9 Å². The van der Waals surface area contributed by atoms with Crippen LogP contribution in [0.3, 0.4) is 0 Å². The average Bonchev–Trinajstić information content (AvgIpc) is 2.07. The first kappa shape index (κ1) is 12.7. The summed E-state index contributed by atoms with van der Waals surface area (Å²) in [5.74, 6) is -0.0490. The van der Waals surface area contributed by atoms with Crippen molar-refractivity contribution in [2.45, 2.75) is 26.2 Å². The number of halogens is 2. The van der Waals surface area contributed by atoms with E-state index in [4.69, 9.17) is 10.2 Å². The SMILES string of the molecule is C[Si](C)(C)Oc1c(F)cc(Br)cc1CN. The standard InChI is InChI=1S/C10H15BrFNOSi/c1-15(2,3)14-10-7(6-13)4-8(11)5-9(10)12/h4-5H,6,13H2,1-3H3. The van der Waals surface area contributed by atoms with Crippen molar-refractivity contribution in [3.05, 3.63) is 28.0 Å². The minimum absolute atomic E-state index is 0.274. The molecule has 15 heavy (non-hydrogen) atoms. The summed E-state index contributed by atoms with van der Waals surface area (Å²) in [6.07, 6.45) is 0. The Balaban J connectivity index is 3.15. The Kier molecular flexibility index (Phi) is 3.91. The molecule has 0 heterocycles. The molecule has 0 spiro atoms. The predicted molar refractivity (Wildman–Crippen MR) is 66.0 cm³/mol. The lowest BCUT2D eigenvalue weighted by atomic mass is 10.2. The summed E-state index contributed by atoms with van der Waals surface area (Å²) in [5, 5.41) is 0. The van der Waals surface area contributed by atoms with E-state index in [9.17, 15) is 4.39 Å². The fourth-order valence-electron chi connectivity index (χ4n) is 1.19. The van der Waals surface area contributed by atoms with Gasteiger partial charge in [0.2, 0.25) is 8.32 Å². The summed E-state index contributed by atoms with van der Waals surface area (Å²) < 4.78 is 20.0. The summed E-state index contributed by atoms with van der Waals surface area (Å²) in [5.41, 5.74) is 6.25. The van der Waals surface area contributed by atoms with Gasteiger partial charge in [0, 0.05) is 16.6 Å². The van der Waals surface area contributed by atoms with Gasteiger partial charge in [0.1, 0.15) is 5.75 Å². The highest BCUT2D eigenvalue weighted by molar-refractivity contribution is 9.10. The molecule has 84 valence electrons. The van der Waals surface area contributed by atoms with Crippen molar-refractivity contribution in [2.24, 2.45) is 5.73 Å². The minimum Gasteiger partial charge on any atom is -0.542 e. The quantitative estimate of drug-likeness (QED) is 0.868. The maximum absolute atomic E-state index is 13.6. The van der Waals surface area contributed by atoms with Crippen LogP contribution in [0.2, 0.25) is 19.6 Å². The van der Waals surface area contributed by atoms with Crippen molar-refractivity contribution in [1.29, 1.82) is 0 Å². The molecule has 1 aromatic carbocycles. The molecule has 2 N–H and O–H groups in total. The van der Waals surface area contributed by atoms with E-state index in [0.717, 1.165) is 0 Å². The van der Waals surface area contributed by atoms with Gasteiger partial charge in [-0.15, -0.1) is 0 Å². The average molecular weight is 292 g/mol. The van der Waals surface area contributed by atoms with Gasteiger partial charge in [-0.1, -0.05) is 15.9 Å². The molecule has 5 heteroatoms. The normalized spacial score (nSPS) is 11.6. The summed E-state index contributed by atoms with van der Waals surface area (Å²) >= 11 is 3.23. The fraction of sp³-hybridized carbons (Fsp3) is 0.400. The molecule has 1 rings (SSSR count). The molecule has 0 bridgehead atoms. The van der Waals surface area contributed by atoms with E-state index in [1.165, 1.54) is 6.07 Å². The summed E-state index contributed by atoms with van der Waals surface area (Å²) in [4.78, 5) is 0. The number of nitrogens with two attached hydrogens (primary N) is 1. The van der Waals surface area contributed by atoms with Gasteiger partial charge in [0.15, 0.2) is 5.82 Å². The highest BCUT2D eigenvalue weighted by Gasteiger charge is 2.21. The Morgan fingerprint density at radius 1 is 1.40 bits per heavy atom. The Bertz CT molecular complexity index is 365. The zero-order valence-electron chi connectivity index (χ0n) is 9.10. The monoisotopic (exact) mass is 291 g/mol. The molecule has 0 aliphatic carbocycles. The number of benzene rings is 1. The van der Waals surface area contributed by atoms with E-state index in [0.29, 0.717) is 15.8 Å². The van der Waals surface area contributed by atoms with Gasteiger partial charge in [-0.3, -0.25) is 0 Å². The van der Waals surface area contributed by atoms with E-state index in [1.54, 1.807) is 6.07 Å². The van der Waals surface area contributed by atoms with Gasteiger partial charge < -0.3 is 10.2 Å². The van der Waals surface area contributed by atoms with Gasteiger partial charge in [0.05, 0.1) is 0 Å². The van der Waals surface area contributed by atoms with Crippen molar-refractivity contribution in [3.8, 4) is 5.75 Å². The molecule has 0 aliphatic rings. The number of hydrogen-bond donors (Lipinski definition) is 1. The zero-order chi connectivity index (χ0) is 11.6. The molecule has 0 fully saturated rings. The molecular formula is C10H15BrFNOSi. The maximum atomic E-state index is 13.6. The molecule has 0 aromatic heterocycles. The van der Waals surface area contributed by atoms with Gasteiger partial charge in [-0.2, -0.15) is 0 Å². The lowest BCUT2D eigenvalue weighted by molar-refractivity contribution is 0.488. The summed E-state index contributed by atoms with van der Waals surface area (Å²) in [6, 6.07) is 3.19. The molecule has 0 saturated carbocycles. The smallest absolute Gasteiger partial charge is 0.242 e. The Hall–Kier alpha value is -0.393. The molecule has 0 saturated heterocycles. The van der Waals surface area contributed by atoms with Crippen LogP contribution in [0.4, 0.5) is 4.39 Å². The van der Waals surface area contributed by atoms with Crippen molar-refractivity contribution in [3.63, 3.8) is 0 Å². The highest BCUT2D eigenvalue weighted by Crippen LogP contribution is 2.29. The van der Waals surface area contributed by atoms with Crippen molar-refractivity contribution in [1.82, 2.24) is 0 Å². The van der Waals surface area contributed by atoms with E-state index >= 15 is 0 Å². The largest absolute Gasteiger partial charge is 0.542 e. The fourth-order valence-corrected chi connectivity index (χ4v) is 2.50. The Morgan fingerprint density at radius 3 is 2.47 bits per heavy atom. The van der Waals surface area contributed by atoms with Crippen LogP contribution in [-0.4, -0.2) is 8.32 Å². The molecule has 0 atom stereocenters. The van der Waals surface area contributed by atoms with Crippen molar-refractivity contribution < 1.29 is 8.82 Å². The highest BCUT2D eigenvalue weighted by atomic mass is 79.9. The summed E-state index contributed by atoms with van der Waals surface area (Å²) in [6.45, 7) is 6.30. The second-order valence-electron chi connectivity index (χ2n) is 4.29. The number of hydrogen-bond acceptors (Lipinski definition) is 2. The molecule has 2 nitrogen and oxygen atoms in total. The Morgan fingerprint density at radius 2 is 2.00 bits per heavy atom. The van der Waals surface area contributed by atoms with Crippen LogP contribution in [0.25, 0.3) is 0 Å². The lowest BCUT2D eigenvalue weighted by Gasteiger charge is -2.22. The van der Waals surface area contributed by atoms with E-state index in [-0.39, 0.29) is 12.4 Å². The molecule has 0 aliphatic heterocycles. The molecule has 0 amide bonds. The van der Waals surface area contributed by atoms with Gasteiger partial charge in [-0.25, -0.2) is 4.39 Å². The first-order valence-electron chi connectivity index (χ1n) is 4.70. The maximum Gasteiger partial charge on any atom is 0.242 e. The van der Waals surface area contributed by atoms with Crippen LogP contribution in [0.15, 0.2) is 16.6 Å². The first-order chi connectivity index (χ1) is 6.83. The lowest BCUT2D eigenvalue weighted by Crippen LogP contribution is -2.30. The molecule has 0 unspecified atom stereocenters. The van der Waals surface area contributed by atoms with Gasteiger partial charge in [-0.05, 0) is 31.8 Å². The van der Waals surface area contributed by atoms with Crippen LogP contribution in [-0.2, 0) is 6.54 Å². The van der Waals surface area contributed by atoms with E-state index in [1.807, 2.05) is 19.6 Å². The Labute approximate surface area is 98.9 Å². The van der Waals surface area contributed by atoms with Crippen LogP contribution < -0.4 is 10.2 Å². The third-order valence-electron chi connectivity index (χ3n) is 1.71. The van der Waals surface area contributed by atoms with Gasteiger partial charge in [0.25, 0.3) is 0 Å². The van der Waals surface area contributed by atoms with E-state index in [2.05, 4.69) is 15.9 Å². The minimum atomic E-state index is -1.81. The molecule has 1 aromatic rings. The third-order valence-corrected chi connectivity index (χ3v) is 2.99. The van der Waals surface area contributed by atoms with Crippen molar-refractivity contribution in [2.75, 3.05) is 0 Å². The summed E-state index contributed by atoms with van der Waals surface area (Å²) in [7, 11) is -1.81. The molecule has 0 radical (unpaired) electrons. The van der Waals surface area contributed by atoms with Gasteiger partial charge >= 0.3 is 0 Å². The van der Waals surface area contributed by atoms with Crippen LogP contribution in [0.5, 0.6) is 5.75 Å². The molecular weight excluding hydrogens is 277 g/mol. The second-order valence-corrected chi connectivity index (χ2v) is 9.64. The van der Waals surface area contributed by atoms with E-state index < -0.39 is 8.32 Å². The van der Waals surface area contributed by atoms with Crippen molar-refractivity contribution >= 4 is 24.2 Å². The predicted octanol–water partition coefficient (Wildman–Crippen LogP) is 3.26. The van der Waals surface area contributed by atoms with Crippen LogP contribution in [0, 0.1) is 5.82 Å². The number of rotatable bonds is 3.